The van der Waals surface area contributed by atoms with Gasteiger partial charge in [0, 0.05) is 44.1 Å². The van der Waals surface area contributed by atoms with Gasteiger partial charge in [0.25, 0.3) is 0 Å². The predicted octanol–water partition coefficient (Wildman–Crippen LogP) is 5.03. The van der Waals surface area contributed by atoms with Crippen LogP contribution >= 0.6 is 0 Å². The van der Waals surface area contributed by atoms with Gasteiger partial charge in [0.15, 0.2) is 0 Å². The molecule has 2 aliphatic heterocycles. The van der Waals surface area contributed by atoms with Crippen LogP contribution in [0.5, 0.6) is 0 Å². The van der Waals surface area contributed by atoms with Crippen molar-refractivity contribution in [2.24, 2.45) is 0 Å². The Labute approximate surface area is 179 Å². The molecule has 0 aliphatic carbocycles. The number of rotatable bonds is 4. The Bertz CT molecular complexity index is 908. The minimum atomic E-state index is -0.121. The molecule has 2 atom stereocenters. The van der Waals surface area contributed by atoms with E-state index >= 15 is 4.39 Å². The zero-order valence-corrected chi connectivity index (χ0v) is 18.5. The summed E-state index contributed by atoms with van der Waals surface area (Å²) in [6, 6.07) is 13.0. The SMILES string of the molecule is CC(=O)N1CCc2ccc(-c3ccc(CCN4CCCC4C)cc3)c(F)c2C(C)C1. The molecule has 4 rings (SSSR count). The van der Waals surface area contributed by atoms with Gasteiger partial charge < -0.3 is 9.80 Å². The molecule has 1 saturated heterocycles. The molecule has 0 radical (unpaired) electrons. The number of benzene rings is 2. The van der Waals surface area contributed by atoms with E-state index in [1.807, 2.05) is 17.9 Å². The number of carbonyl (C=O) groups is 1. The Morgan fingerprint density at radius 1 is 1.10 bits per heavy atom. The van der Waals surface area contributed by atoms with Crippen molar-refractivity contribution in [3.05, 3.63) is 58.9 Å². The van der Waals surface area contributed by atoms with E-state index in [9.17, 15) is 4.79 Å². The minimum absolute atomic E-state index is 0.00641. The maximum atomic E-state index is 15.6. The van der Waals surface area contributed by atoms with Crippen LogP contribution in [0.4, 0.5) is 4.39 Å². The van der Waals surface area contributed by atoms with Crippen LogP contribution in [0.15, 0.2) is 36.4 Å². The summed E-state index contributed by atoms with van der Waals surface area (Å²) in [5.74, 6) is -0.0636. The van der Waals surface area contributed by atoms with E-state index in [1.165, 1.54) is 24.9 Å². The van der Waals surface area contributed by atoms with Crippen molar-refractivity contribution in [2.45, 2.75) is 58.4 Å². The zero-order valence-electron chi connectivity index (χ0n) is 18.5. The number of amides is 1. The number of nitrogens with zero attached hydrogens (tertiary/aromatic N) is 2. The van der Waals surface area contributed by atoms with Crippen LogP contribution in [0.25, 0.3) is 11.1 Å². The van der Waals surface area contributed by atoms with Gasteiger partial charge in [-0.15, -0.1) is 0 Å². The minimum Gasteiger partial charge on any atom is -0.342 e. The van der Waals surface area contributed by atoms with Gasteiger partial charge in [0.2, 0.25) is 5.91 Å². The first kappa shape index (κ1) is 21.0. The van der Waals surface area contributed by atoms with E-state index in [0.29, 0.717) is 31.1 Å². The first-order valence-electron chi connectivity index (χ1n) is 11.3. The monoisotopic (exact) mass is 408 g/mol. The lowest BCUT2D eigenvalue weighted by Crippen LogP contribution is -2.32. The molecule has 30 heavy (non-hydrogen) atoms. The van der Waals surface area contributed by atoms with Gasteiger partial charge >= 0.3 is 0 Å². The molecule has 0 bridgehead atoms. The van der Waals surface area contributed by atoms with Crippen LogP contribution in [-0.4, -0.2) is 47.9 Å². The van der Waals surface area contributed by atoms with Crippen molar-refractivity contribution < 1.29 is 9.18 Å². The van der Waals surface area contributed by atoms with Crippen LogP contribution in [-0.2, 0) is 17.6 Å². The van der Waals surface area contributed by atoms with Gasteiger partial charge in [0.05, 0.1) is 0 Å². The molecule has 2 aromatic carbocycles. The van der Waals surface area contributed by atoms with Crippen LogP contribution < -0.4 is 0 Å². The van der Waals surface area contributed by atoms with E-state index in [0.717, 1.165) is 29.7 Å². The molecule has 2 aliphatic rings. The summed E-state index contributed by atoms with van der Waals surface area (Å²) in [7, 11) is 0. The van der Waals surface area contributed by atoms with Gasteiger partial charge in [0.1, 0.15) is 5.82 Å². The summed E-state index contributed by atoms with van der Waals surface area (Å²) >= 11 is 0. The second-order valence-electron chi connectivity index (χ2n) is 9.09. The van der Waals surface area contributed by atoms with Gasteiger partial charge in [-0.3, -0.25) is 4.79 Å². The number of carbonyl (C=O) groups excluding carboxylic acids is 1. The van der Waals surface area contributed by atoms with Gasteiger partial charge in [-0.05, 0) is 61.4 Å². The van der Waals surface area contributed by atoms with E-state index in [2.05, 4.69) is 42.2 Å². The average Bonchev–Trinajstić information content (AvgIpc) is 3.05. The highest BCUT2D eigenvalue weighted by Gasteiger charge is 2.26. The van der Waals surface area contributed by atoms with Crippen molar-refractivity contribution in [1.29, 1.82) is 0 Å². The fourth-order valence-electron chi connectivity index (χ4n) is 5.11. The molecule has 2 unspecified atom stereocenters. The molecule has 1 fully saturated rings. The predicted molar refractivity (Wildman–Crippen MR) is 120 cm³/mol. The number of likely N-dealkylation sites (tertiary alicyclic amines) is 1. The van der Waals surface area contributed by atoms with Crippen molar-refractivity contribution in [3.63, 3.8) is 0 Å². The molecule has 160 valence electrons. The van der Waals surface area contributed by atoms with Crippen LogP contribution in [0.2, 0.25) is 0 Å². The van der Waals surface area contributed by atoms with Gasteiger partial charge in [-0.2, -0.15) is 0 Å². The normalized spacial score (nSPS) is 22.1. The molecule has 0 spiro atoms. The summed E-state index contributed by atoms with van der Waals surface area (Å²) in [5, 5.41) is 0. The van der Waals surface area contributed by atoms with Gasteiger partial charge in [-0.1, -0.05) is 43.3 Å². The third kappa shape index (κ3) is 4.29. The maximum Gasteiger partial charge on any atom is 0.219 e. The average molecular weight is 409 g/mol. The number of halogens is 1. The van der Waals surface area contributed by atoms with Crippen LogP contribution in [0, 0.1) is 5.82 Å². The quantitative estimate of drug-likeness (QED) is 0.709. The fourth-order valence-corrected chi connectivity index (χ4v) is 5.11. The largest absolute Gasteiger partial charge is 0.342 e. The summed E-state index contributed by atoms with van der Waals surface area (Å²) < 4.78 is 15.6. The Hall–Kier alpha value is -2.20. The molecule has 0 aromatic heterocycles. The topological polar surface area (TPSA) is 23.6 Å². The summed E-state index contributed by atoms with van der Waals surface area (Å²) in [5.41, 5.74) is 4.70. The zero-order chi connectivity index (χ0) is 21.3. The van der Waals surface area contributed by atoms with E-state index < -0.39 is 0 Å². The fraction of sp³-hybridized carbons (Fsp3) is 0.500. The molecular formula is C26H33FN2O. The molecule has 1 amide bonds. The van der Waals surface area contributed by atoms with E-state index in [-0.39, 0.29) is 17.6 Å². The van der Waals surface area contributed by atoms with Gasteiger partial charge in [-0.25, -0.2) is 4.39 Å². The summed E-state index contributed by atoms with van der Waals surface area (Å²) in [4.78, 5) is 16.2. The maximum absolute atomic E-state index is 15.6. The van der Waals surface area contributed by atoms with Crippen molar-refractivity contribution in [1.82, 2.24) is 9.80 Å². The van der Waals surface area contributed by atoms with Crippen LogP contribution in [0.3, 0.4) is 0 Å². The summed E-state index contributed by atoms with van der Waals surface area (Å²) in [6.07, 6.45) is 4.36. The Kier molecular flexibility index (Phi) is 6.24. The molecule has 0 saturated carbocycles. The third-order valence-corrected chi connectivity index (χ3v) is 7.00. The molecule has 4 heteroatoms. The van der Waals surface area contributed by atoms with E-state index in [1.54, 1.807) is 6.92 Å². The Morgan fingerprint density at radius 3 is 2.53 bits per heavy atom. The number of fused-ring (bicyclic) bond motifs is 1. The molecule has 3 nitrogen and oxygen atoms in total. The smallest absolute Gasteiger partial charge is 0.219 e. The molecule has 0 N–H and O–H groups in total. The highest BCUT2D eigenvalue weighted by atomic mass is 19.1. The highest BCUT2D eigenvalue weighted by Crippen LogP contribution is 2.34. The summed E-state index contributed by atoms with van der Waals surface area (Å²) in [6.45, 7) is 9.47. The second kappa shape index (κ2) is 8.89. The number of hydrogen-bond donors (Lipinski definition) is 0. The van der Waals surface area contributed by atoms with Crippen molar-refractivity contribution in [2.75, 3.05) is 26.2 Å². The lowest BCUT2D eigenvalue weighted by Gasteiger charge is -2.22. The molecule has 2 heterocycles. The van der Waals surface area contributed by atoms with E-state index in [4.69, 9.17) is 0 Å². The van der Waals surface area contributed by atoms with Crippen LogP contribution in [0.1, 0.15) is 56.2 Å². The Morgan fingerprint density at radius 2 is 1.87 bits per heavy atom. The lowest BCUT2D eigenvalue weighted by molar-refractivity contribution is -0.128. The highest BCUT2D eigenvalue weighted by molar-refractivity contribution is 5.73. The Balaban J connectivity index is 1.52. The standard InChI is InChI=1S/C26H33FN2O/c1-18-17-29(20(3)30)16-13-23-10-11-24(26(27)25(18)23)22-8-6-21(7-9-22)12-15-28-14-4-5-19(28)2/h6-11,18-19H,4-5,12-17H2,1-3H3. The van der Waals surface area contributed by atoms with Crippen molar-refractivity contribution >= 4 is 5.91 Å². The lowest BCUT2D eigenvalue weighted by atomic mass is 9.90. The second-order valence-corrected chi connectivity index (χ2v) is 9.09. The first-order valence-corrected chi connectivity index (χ1v) is 11.3. The molecule has 2 aromatic rings. The number of hydrogen-bond acceptors (Lipinski definition) is 2. The molecular weight excluding hydrogens is 375 g/mol. The third-order valence-electron chi connectivity index (χ3n) is 7.00. The first-order chi connectivity index (χ1) is 14.4. The van der Waals surface area contributed by atoms with Crippen molar-refractivity contribution in [3.8, 4) is 11.1 Å².